The fraction of sp³-hybridized carbons (Fsp3) is 0.538. The van der Waals surface area contributed by atoms with Crippen molar-refractivity contribution < 1.29 is 4.74 Å². The highest BCUT2D eigenvalue weighted by atomic mass is 32.1. The normalized spacial score (nSPS) is 14.7. The molecule has 4 N–H and O–H groups in total. The van der Waals surface area contributed by atoms with Crippen LogP contribution in [-0.2, 0) is 4.74 Å². The van der Waals surface area contributed by atoms with E-state index < -0.39 is 0 Å². The van der Waals surface area contributed by atoms with Gasteiger partial charge in [0.25, 0.3) is 0 Å². The lowest BCUT2D eigenvalue weighted by molar-refractivity contribution is 0.124. The summed E-state index contributed by atoms with van der Waals surface area (Å²) in [5, 5.41) is 5.34. The molecule has 0 atom stereocenters. The number of nitrogens with zero attached hydrogens (tertiary/aromatic N) is 2. The predicted molar refractivity (Wildman–Crippen MR) is 81.9 cm³/mol. The Hall–Kier alpha value is -1.44. The topological polar surface area (TPSA) is 85.1 Å². The van der Waals surface area contributed by atoms with Crippen LogP contribution in [0, 0.1) is 5.92 Å². The van der Waals surface area contributed by atoms with Crippen LogP contribution in [-0.4, -0.2) is 29.7 Å². The van der Waals surface area contributed by atoms with Gasteiger partial charge in [0.05, 0.1) is 10.2 Å². The molecular formula is C13H19N5OS. The van der Waals surface area contributed by atoms with Crippen LogP contribution < -0.4 is 16.6 Å². The number of hydrogen-bond acceptors (Lipinski definition) is 7. The number of fused-ring (bicyclic) bond motifs is 1. The van der Waals surface area contributed by atoms with Gasteiger partial charge in [-0.25, -0.2) is 10.8 Å². The van der Waals surface area contributed by atoms with E-state index in [4.69, 9.17) is 10.6 Å². The minimum atomic E-state index is 0.434. The van der Waals surface area contributed by atoms with Crippen molar-refractivity contribution in [1.29, 1.82) is 0 Å². The molecule has 0 spiro atoms. The summed E-state index contributed by atoms with van der Waals surface area (Å²) >= 11 is 1.63. The van der Waals surface area contributed by atoms with Gasteiger partial charge in [-0.3, -0.25) is 5.43 Å². The molecule has 0 bridgehead atoms. The molecule has 0 aliphatic heterocycles. The number of hydrogen-bond donors (Lipinski definition) is 3. The molecule has 2 aromatic rings. The van der Waals surface area contributed by atoms with Crippen LogP contribution in [0.3, 0.4) is 0 Å². The zero-order chi connectivity index (χ0) is 13.8. The van der Waals surface area contributed by atoms with Crippen LogP contribution in [0.25, 0.3) is 10.2 Å². The first-order valence-electron chi connectivity index (χ1n) is 6.90. The van der Waals surface area contributed by atoms with E-state index in [-0.39, 0.29) is 0 Å². The van der Waals surface area contributed by atoms with Crippen LogP contribution in [0.5, 0.6) is 0 Å². The van der Waals surface area contributed by atoms with Crippen molar-refractivity contribution in [3.05, 3.63) is 11.4 Å². The first-order valence-corrected chi connectivity index (χ1v) is 7.78. The molecule has 0 unspecified atom stereocenters. The standard InChI is InChI=1S/C13H19N5OS/c14-18-13-16-10-4-7-20-11(10)12(17-13)15-5-1-6-19-8-9-2-3-9/h4,7,9H,1-3,5-6,8,14H2,(H2,15,16,17,18). The molecule has 1 saturated carbocycles. The summed E-state index contributed by atoms with van der Waals surface area (Å²) in [6, 6.07) is 1.96. The molecule has 20 heavy (non-hydrogen) atoms. The fourth-order valence-corrected chi connectivity index (χ4v) is 2.76. The molecule has 2 aromatic heterocycles. The van der Waals surface area contributed by atoms with E-state index in [0.717, 1.165) is 48.1 Å². The van der Waals surface area contributed by atoms with Crippen molar-refractivity contribution in [3.8, 4) is 0 Å². The molecule has 3 rings (SSSR count). The number of ether oxygens (including phenoxy) is 1. The molecule has 2 heterocycles. The van der Waals surface area contributed by atoms with Crippen molar-refractivity contribution in [2.75, 3.05) is 30.5 Å². The lowest BCUT2D eigenvalue weighted by Crippen LogP contribution is -2.13. The maximum Gasteiger partial charge on any atom is 0.239 e. The SMILES string of the molecule is NNc1nc(NCCCOCC2CC2)c2sccc2n1. The van der Waals surface area contributed by atoms with E-state index in [2.05, 4.69) is 20.7 Å². The lowest BCUT2D eigenvalue weighted by Gasteiger charge is -2.08. The Labute approximate surface area is 121 Å². The van der Waals surface area contributed by atoms with E-state index in [1.54, 1.807) is 11.3 Å². The molecule has 7 heteroatoms. The second kappa shape index (κ2) is 6.34. The Morgan fingerprint density at radius 2 is 2.30 bits per heavy atom. The number of nitrogens with two attached hydrogens (primary N) is 1. The largest absolute Gasteiger partial charge is 0.381 e. The van der Waals surface area contributed by atoms with Crippen molar-refractivity contribution in [3.63, 3.8) is 0 Å². The Balaban J connectivity index is 1.51. The third-order valence-corrected chi connectivity index (χ3v) is 4.15. The smallest absolute Gasteiger partial charge is 0.239 e. The summed E-state index contributed by atoms with van der Waals surface area (Å²) < 4.78 is 6.67. The van der Waals surface area contributed by atoms with Gasteiger partial charge in [-0.2, -0.15) is 4.98 Å². The first-order chi connectivity index (χ1) is 9.86. The van der Waals surface area contributed by atoms with Crippen LogP contribution in [0.1, 0.15) is 19.3 Å². The number of rotatable bonds is 8. The molecular weight excluding hydrogens is 274 g/mol. The molecule has 1 fully saturated rings. The zero-order valence-electron chi connectivity index (χ0n) is 11.3. The average Bonchev–Trinajstić information content (AvgIpc) is 3.17. The number of hydrazine groups is 1. The summed E-state index contributed by atoms with van der Waals surface area (Å²) in [4.78, 5) is 8.66. The first kappa shape index (κ1) is 13.5. The molecule has 108 valence electrons. The Bertz CT molecular complexity index is 569. The van der Waals surface area contributed by atoms with Crippen LogP contribution in [0.15, 0.2) is 11.4 Å². The Morgan fingerprint density at radius 3 is 3.10 bits per heavy atom. The number of nitrogen functional groups attached to an aromatic ring is 1. The maximum atomic E-state index is 5.61. The Morgan fingerprint density at radius 1 is 1.40 bits per heavy atom. The minimum absolute atomic E-state index is 0.434. The predicted octanol–water partition coefficient (Wildman–Crippen LogP) is 2.21. The van der Waals surface area contributed by atoms with Gasteiger partial charge in [0.15, 0.2) is 0 Å². The van der Waals surface area contributed by atoms with E-state index in [9.17, 15) is 0 Å². The van der Waals surface area contributed by atoms with E-state index in [0.29, 0.717) is 5.95 Å². The van der Waals surface area contributed by atoms with Gasteiger partial charge in [0, 0.05) is 19.8 Å². The van der Waals surface area contributed by atoms with Crippen molar-refractivity contribution >= 4 is 33.3 Å². The zero-order valence-corrected chi connectivity index (χ0v) is 12.1. The lowest BCUT2D eigenvalue weighted by atomic mass is 10.4. The molecule has 0 amide bonds. The third-order valence-electron chi connectivity index (χ3n) is 3.24. The summed E-state index contributed by atoms with van der Waals surface area (Å²) in [6.45, 7) is 2.55. The van der Waals surface area contributed by atoms with Gasteiger partial charge in [-0.05, 0) is 36.6 Å². The average molecular weight is 293 g/mol. The van der Waals surface area contributed by atoms with E-state index in [1.165, 1.54) is 12.8 Å². The molecule has 1 aliphatic rings. The maximum absolute atomic E-state index is 5.61. The van der Waals surface area contributed by atoms with Gasteiger partial charge in [-0.15, -0.1) is 11.3 Å². The number of anilines is 2. The van der Waals surface area contributed by atoms with Crippen molar-refractivity contribution in [2.45, 2.75) is 19.3 Å². The highest BCUT2D eigenvalue weighted by Gasteiger charge is 2.20. The quantitative estimate of drug-likeness (QED) is 0.393. The third kappa shape index (κ3) is 3.36. The molecule has 0 saturated heterocycles. The highest BCUT2D eigenvalue weighted by Crippen LogP contribution is 2.29. The van der Waals surface area contributed by atoms with Gasteiger partial charge >= 0.3 is 0 Å². The number of nitrogens with one attached hydrogen (secondary N) is 2. The summed E-state index contributed by atoms with van der Waals surface area (Å²) in [6.07, 6.45) is 3.64. The molecule has 0 aromatic carbocycles. The van der Waals surface area contributed by atoms with Crippen LogP contribution in [0.2, 0.25) is 0 Å². The van der Waals surface area contributed by atoms with Gasteiger partial charge < -0.3 is 10.1 Å². The van der Waals surface area contributed by atoms with Gasteiger partial charge in [0.1, 0.15) is 5.82 Å². The summed E-state index contributed by atoms with van der Waals surface area (Å²) in [5.74, 6) is 7.48. The minimum Gasteiger partial charge on any atom is -0.381 e. The van der Waals surface area contributed by atoms with Crippen molar-refractivity contribution in [2.24, 2.45) is 11.8 Å². The van der Waals surface area contributed by atoms with E-state index >= 15 is 0 Å². The fourth-order valence-electron chi connectivity index (χ4n) is 1.96. The monoisotopic (exact) mass is 293 g/mol. The van der Waals surface area contributed by atoms with Crippen LogP contribution in [0.4, 0.5) is 11.8 Å². The highest BCUT2D eigenvalue weighted by molar-refractivity contribution is 7.17. The molecule has 1 aliphatic carbocycles. The van der Waals surface area contributed by atoms with Crippen molar-refractivity contribution in [1.82, 2.24) is 9.97 Å². The second-order valence-corrected chi connectivity index (χ2v) is 5.89. The molecule has 6 nitrogen and oxygen atoms in total. The summed E-state index contributed by atoms with van der Waals surface area (Å²) in [7, 11) is 0. The molecule has 0 radical (unpaired) electrons. The Kier molecular flexibility index (Phi) is 4.29. The van der Waals surface area contributed by atoms with E-state index in [1.807, 2.05) is 11.4 Å². The van der Waals surface area contributed by atoms with Crippen LogP contribution >= 0.6 is 11.3 Å². The summed E-state index contributed by atoms with van der Waals surface area (Å²) in [5.41, 5.74) is 3.40. The number of thiophene rings is 1. The second-order valence-electron chi connectivity index (χ2n) is 4.97. The van der Waals surface area contributed by atoms with Gasteiger partial charge in [-0.1, -0.05) is 0 Å². The van der Waals surface area contributed by atoms with Gasteiger partial charge in [0.2, 0.25) is 5.95 Å². The number of aromatic nitrogens is 2.